The van der Waals surface area contributed by atoms with Crippen molar-refractivity contribution in [2.45, 2.75) is 186 Å². The molecule has 0 aliphatic carbocycles. The molecule has 1 aromatic rings. The van der Waals surface area contributed by atoms with Gasteiger partial charge in [0.2, 0.25) is 0 Å². The van der Waals surface area contributed by atoms with E-state index in [1.807, 2.05) is 30.3 Å². The normalized spacial score (nSPS) is 13.0. The van der Waals surface area contributed by atoms with Crippen molar-refractivity contribution in [3.63, 3.8) is 0 Å². The summed E-state index contributed by atoms with van der Waals surface area (Å²) >= 11 is 0. The van der Waals surface area contributed by atoms with E-state index in [4.69, 9.17) is 0 Å². The van der Waals surface area contributed by atoms with Crippen molar-refractivity contribution in [3.05, 3.63) is 35.9 Å². The highest BCUT2D eigenvalue weighted by molar-refractivity contribution is 5.81. The van der Waals surface area contributed by atoms with Gasteiger partial charge in [-0.15, -0.1) is 0 Å². The fourth-order valence-corrected chi connectivity index (χ4v) is 6.04. The Morgan fingerprint density at radius 1 is 0.500 bits per heavy atom. The number of hydrogen-bond donors (Lipinski definition) is 1. The summed E-state index contributed by atoms with van der Waals surface area (Å²) in [6, 6.07) is 10.1. The zero-order chi connectivity index (χ0) is 27.6. The number of hydrogen-bond acceptors (Lipinski definition) is 1. The van der Waals surface area contributed by atoms with E-state index in [1.54, 1.807) is 0 Å². The molecule has 0 radical (unpaired) electrons. The lowest BCUT2D eigenvalue weighted by Crippen LogP contribution is -2.36. The molecule has 0 bridgehead atoms. The predicted molar refractivity (Wildman–Crippen MR) is 167 cm³/mol. The molecular formula is C36H64O2. The first-order chi connectivity index (χ1) is 18.7. The Morgan fingerprint density at radius 2 is 0.789 bits per heavy atom. The van der Waals surface area contributed by atoms with Crippen molar-refractivity contribution < 1.29 is 9.90 Å². The third-order valence-corrected chi connectivity index (χ3v) is 8.65. The Bertz CT molecular complexity index is 640. The number of carboxylic acid groups (broad SMARTS) is 1. The molecule has 0 spiro atoms. The van der Waals surface area contributed by atoms with Crippen LogP contribution in [0.25, 0.3) is 0 Å². The van der Waals surface area contributed by atoms with Gasteiger partial charge in [-0.2, -0.15) is 0 Å². The van der Waals surface area contributed by atoms with E-state index >= 15 is 0 Å². The zero-order valence-electron chi connectivity index (χ0n) is 25.6. The highest BCUT2D eigenvalue weighted by atomic mass is 16.4. The third kappa shape index (κ3) is 16.6. The molecule has 2 heteroatoms. The Hall–Kier alpha value is -1.31. The zero-order valence-corrected chi connectivity index (χ0v) is 25.6. The van der Waals surface area contributed by atoms with E-state index in [9.17, 15) is 9.90 Å². The molecule has 0 heterocycles. The summed E-state index contributed by atoms with van der Waals surface area (Å²) in [7, 11) is 0. The number of rotatable bonds is 28. The number of carbonyl (C=O) groups is 1. The van der Waals surface area contributed by atoms with Crippen molar-refractivity contribution in [2.75, 3.05) is 0 Å². The summed E-state index contributed by atoms with van der Waals surface area (Å²) in [5.74, 6) is -0.616. The second kappa shape index (κ2) is 24.7. The smallest absolute Gasteiger partial charge is 0.314 e. The van der Waals surface area contributed by atoms with Crippen LogP contribution in [-0.4, -0.2) is 11.1 Å². The molecule has 0 saturated heterocycles. The summed E-state index contributed by atoms with van der Waals surface area (Å²) in [5.41, 5.74) is 0.302. The van der Waals surface area contributed by atoms with Crippen LogP contribution in [0.15, 0.2) is 30.3 Å². The molecule has 220 valence electrons. The average molecular weight is 529 g/mol. The molecule has 0 aliphatic heterocycles. The van der Waals surface area contributed by atoms with Crippen LogP contribution in [0.1, 0.15) is 186 Å². The van der Waals surface area contributed by atoms with Gasteiger partial charge < -0.3 is 5.11 Å². The molecule has 1 N–H and O–H groups in total. The lowest BCUT2D eigenvalue weighted by Gasteiger charge is -2.30. The minimum absolute atomic E-state index is 0.616. The quantitative estimate of drug-likeness (QED) is 0.110. The maximum absolute atomic E-state index is 12.7. The van der Waals surface area contributed by atoms with Crippen LogP contribution in [-0.2, 0) is 10.2 Å². The van der Waals surface area contributed by atoms with E-state index in [2.05, 4.69) is 13.8 Å². The molecule has 1 aromatic carbocycles. The van der Waals surface area contributed by atoms with Gasteiger partial charge in [-0.1, -0.05) is 198 Å². The SMILES string of the molecule is CCCCCCCCCCCCCCCCC(CCCCCCCCCCCC)(C(=O)O)c1ccccc1. The Balaban J connectivity index is 2.29. The molecule has 0 aromatic heterocycles. The van der Waals surface area contributed by atoms with Crippen LogP contribution in [0.3, 0.4) is 0 Å². The highest BCUT2D eigenvalue weighted by Crippen LogP contribution is 2.36. The lowest BCUT2D eigenvalue weighted by molar-refractivity contribution is -0.144. The summed E-state index contributed by atoms with van der Waals surface area (Å²) in [6.45, 7) is 4.55. The van der Waals surface area contributed by atoms with Crippen molar-refractivity contribution in [3.8, 4) is 0 Å². The van der Waals surface area contributed by atoms with Gasteiger partial charge in [0.05, 0.1) is 5.41 Å². The Kier molecular flexibility index (Phi) is 22.6. The molecular weight excluding hydrogens is 464 g/mol. The second-order valence-electron chi connectivity index (χ2n) is 12.0. The fourth-order valence-electron chi connectivity index (χ4n) is 6.04. The van der Waals surface area contributed by atoms with Gasteiger partial charge in [0.1, 0.15) is 0 Å². The molecule has 1 unspecified atom stereocenters. The van der Waals surface area contributed by atoms with E-state index in [-0.39, 0.29) is 0 Å². The topological polar surface area (TPSA) is 37.3 Å². The maximum Gasteiger partial charge on any atom is 0.314 e. The van der Waals surface area contributed by atoms with Gasteiger partial charge in [0.15, 0.2) is 0 Å². The molecule has 0 aliphatic rings. The largest absolute Gasteiger partial charge is 0.481 e. The third-order valence-electron chi connectivity index (χ3n) is 8.65. The van der Waals surface area contributed by atoms with Crippen molar-refractivity contribution >= 4 is 5.97 Å². The van der Waals surface area contributed by atoms with Crippen LogP contribution in [0.4, 0.5) is 0 Å². The molecule has 1 rings (SSSR count). The van der Waals surface area contributed by atoms with Crippen molar-refractivity contribution in [1.82, 2.24) is 0 Å². The Labute approximate surface area is 237 Å². The van der Waals surface area contributed by atoms with E-state index in [0.717, 1.165) is 44.1 Å². The minimum atomic E-state index is -0.710. The lowest BCUT2D eigenvalue weighted by atomic mass is 9.72. The molecule has 1 atom stereocenters. The standard InChI is InChI=1S/C36H64O2/c1-3-5-7-9-11-13-15-16-17-18-20-22-24-29-33-36(35(37)38,34-30-26-25-27-31-34)32-28-23-21-19-14-12-10-8-6-4-2/h25-27,30-31H,3-24,28-29,32-33H2,1-2H3,(H,37,38). The maximum atomic E-state index is 12.7. The number of aliphatic carboxylic acids is 1. The summed E-state index contributed by atoms with van der Waals surface area (Å²) in [4.78, 5) is 12.7. The monoisotopic (exact) mass is 528 g/mol. The molecule has 0 fully saturated rings. The molecule has 2 nitrogen and oxygen atoms in total. The van der Waals surface area contributed by atoms with Gasteiger partial charge in [-0.05, 0) is 18.4 Å². The van der Waals surface area contributed by atoms with Crippen LogP contribution in [0.5, 0.6) is 0 Å². The molecule has 0 saturated carbocycles. The summed E-state index contributed by atoms with van der Waals surface area (Å²) in [5, 5.41) is 10.4. The van der Waals surface area contributed by atoms with Gasteiger partial charge in [0, 0.05) is 0 Å². The van der Waals surface area contributed by atoms with Crippen molar-refractivity contribution in [2.24, 2.45) is 0 Å². The highest BCUT2D eigenvalue weighted by Gasteiger charge is 2.39. The Morgan fingerprint density at radius 3 is 1.08 bits per heavy atom. The van der Waals surface area contributed by atoms with Gasteiger partial charge >= 0.3 is 5.97 Å². The van der Waals surface area contributed by atoms with Gasteiger partial charge in [-0.25, -0.2) is 0 Å². The van der Waals surface area contributed by atoms with Crippen LogP contribution in [0.2, 0.25) is 0 Å². The molecule has 38 heavy (non-hydrogen) atoms. The van der Waals surface area contributed by atoms with Crippen LogP contribution in [0, 0.1) is 0 Å². The summed E-state index contributed by atoms with van der Waals surface area (Å²) in [6.07, 6.45) is 33.1. The van der Waals surface area contributed by atoms with Gasteiger partial charge in [0.25, 0.3) is 0 Å². The fraction of sp³-hybridized carbons (Fsp3) is 0.806. The minimum Gasteiger partial charge on any atom is -0.481 e. The second-order valence-corrected chi connectivity index (χ2v) is 12.0. The van der Waals surface area contributed by atoms with E-state index in [1.165, 1.54) is 128 Å². The number of benzene rings is 1. The van der Waals surface area contributed by atoms with Crippen LogP contribution >= 0.6 is 0 Å². The first-order valence-corrected chi connectivity index (χ1v) is 17.0. The number of unbranched alkanes of at least 4 members (excludes halogenated alkanes) is 22. The molecule has 0 amide bonds. The average Bonchev–Trinajstić information content (AvgIpc) is 2.93. The first kappa shape index (κ1) is 34.7. The van der Waals surface area contributed by atoms with Crippen molar-refractivity contribution in [1.29, 1.82) is 0 Å². The first-order valence-electron chi connectivity index (χ1n) is 17.0. The summed E-state index contributed by atoms with van der Waals surface area (Å²) < 4.78 is 0. The van der Waals surface area contributed by atoms with E-state index in [0.29, 0.717) is 0 Å². The van der Waals surface area contributed by atoms with E-state index < -0.39 is 11.4 Å². The predicted octanol–water partition coefficient (Wildman–Crippen LogP) is 12.2. The van der Waals surface area contributed by atoms with Crippen LogP contribution < -0.4 is 0 Å². The van der Waals surface area contributed by atoms with Gasteiger partial charge in [-0.3, -0.25) is 4.79 Å². The number of carboxylic acids is 1.